The Balaban J connectivity index is 2.18. The van der Waals surface area contributed by atoms with Gasteiger partial charge in [-0.1, -0.05) is 0 Å². The van der Waals surface area contributed by atoms with Gasteiger partial charge < -0.3 is 4.74 Å². The van der Waals surface area contributed by atoms with E-state index in [1.54, 1.807) is 0 Å². The van der Waals surface area contributed by atoms with E-state index in [9.17, 15) is 13.2 Å². The standard InChI is InChI=1S/C7H8N4O4S/c12-7-11(4-5-15-7)16(13,14)10-6-2-1-3-8-9-6/h1-3H,4-5H2,(H,9,10). The lowest BCUT2D eigenvalue weighted by Gasteiger charge is -2.13. The normalized spacial score (nSPS) is 16.0. The minimum atomic E-state index is -3.96. The number of rotatable bonds is 3. The van der Waals surface area contributed by atoms with Gasteiger partial charge in [0.1, 0.15) is 6.61 Å². The number of carbonyl (C=O) groups excluding carboxylic acids is 1. The number of aromatic nitrogens is 2. The molecule has 0 bridgehead atoms. The van der Waals surface area contributed by atoms with Crippen molar-refractivity contribution in [2.24, 2.45) is 0 Å². The third-order valence-electron chi connectivity index (χ3n) is 1.82. The predicted octanol–water partition coefficient (Wildman–Crippen LogP) is -0.415. The van der Waals surface area contributed by atoms with Crippen LogP contribution in [-0.2, 0) is 14.9 Å². The smallest absolute Gasteiger partial charge is 0.425 e. The molecule has 2 rings (SSSR count). The third kappa shape index (κ3) is 2.03. The van der Waals surface area contributed by atoms with Crippen molar-refractivity contribution in [3.8, 4) is 0 Å². The molecule has 1 N–H and O–H groups in total. The van der Waals surface area contributed by atoms with Crippen LogP contribution >= 0.6 is 0 Å². The molecular weight excluding hydrogens is 236 g/mol. The highest BCUT2D eigenvalue weighted by Crippen LogP contribution is 2.12. The number of cyclic esters (lactones) is 1. The average Bonchev–Trinajstić information content (AvgIpc) is 2.66. The first-order valence-electron chi connectivity index (χ1n) is 4.34. The third-order valence-corrected chi connectivity index (χ3v) is 3.20. The van der Waals surface area contributed by atoms with Gasteiger partial charge in [0.2, 0.25) is 0 Å². The maximum Gasteiger partial charge on any atom is 0.425 e. The lowest BCUT2D eigenvalue weighted by atomic mass is 10.6. The van der Waals surface area contributed by atoms with E-state index >= 15 is 0 Å². The zero-order valence-electron chi connectivity index (χ0n) is 8.03. The molecule has 1 fully saturated rings. The van der Waals surface area contributed by atoms with Gasteiger partial charge in [-0.2, -0.15) is 17.8 Å². The van der Waals surface area contributed by atoms with Crippen molar-refractivity contribution >= 4 is 22.1 Å². The molecule has 0 unspecified atom stereocenters. The summed E-state index contributed by atoms with van der Waals surface area (Å²) in [5.74, 6) is 0.0437. The highest BCUT2D eigenvalue weighted by atomic mass is 32.2. The van der Waals surface area contributed by atoms with Gasteiger partial charge in [-0.3, -0.25) is 0 Å². The van der Waals surface area contributed by atoms with Crippen molar-refractivity contribution in [1.29, 1.82) is 0 Å². The lowest BCUT2D eigenvalue weighted by molar-refractivity contribution is 0.170. The molecule has 0 aliphatic carbocycles. The largest absolute Gasteiger partial charge is 0.447 e. The molecule has 0 saturated carbocycles. The molecule has 16 heavy (non-hydrogen) atoms. The Morgan fingerprint density at radius 3 is 2.88 bits per heavy atom. The highest BCUT2D eigenvalue weighted by Gasteiger charge is 2.33. The van der Waals surface area contributed by atoms with Gasteiger partial charge in [0.05, 0.1) is 6.54 Å². The van der Waals surface area contributed by atoms with Gasteiger partial charge in [-0.25, -0.2) is 9.52 Å². The van der Waals surface area contributed by atoms with E-state index in [0.29, 0.717) is 4.31 Å². The topological polar surface area (TPSA) is 101 Å². The Bertz CT molecular complexity index is 488. The molecule has 1 aromatic rings. The van der Waals surface area contributed by atoms with Crippen molar-refractivity contribution < 1.29 is 17.9 Å². The number of anilines is 1. The molecule has 86 valence electrons. The van der Waals surface area contributed by atoms with Crippen molar-refractivity contribution in [2.45, 2.75) is 0 Å². The monoisotopic (exact) mass is 244 g/mol. The molecule has 0 spiro atoms. The zero-order chi connectivity index (χ0) is 11.6. The fourth-order valence-corrected chi connectivity index (χ4v) is 2.19. The first kappa shape index (κ1) is 10.6. The fraction of sp³-hybridized carbons (Fsp3) is 0.286. The number of carbonyl (C=O) groups is 1. The minimum absolute atomic E-state index is 0.00553. The second-order valence-electron chi connectivity index (χ2n) is 2.90. The van der Waals surface area contributed by atoms with E-state index in [1.165, 1.54) is 18.3 Å². The Labute approximate surface area is 91.4 Å². The average molecular weight is 244 g/mol. The predicted molar refractivity (Wildman–Crippen MR) is 52.6 cm³/mol. The molecule has 2 heterocycles. The number of nitrogens with zero attached hydrogens (tertiary/aromatic N) is 3. The maximum atomic E-state index is 11.7. The van der Waals surface area contributed by atoms with Crippen molar-refractivity contribution in [1.82, 2.24) is 14.5 Å². The quantitative estimate of drug-likeness (QED) is 0.775. The van der Waals surface area contributed by atoms with Crippen LogP contribution in [0.5, 0.6) is 0 Å². The van der Waals surface area contributed by atoms with Crippen LogP contribution in [0, 0.1) is 0 Å². The summed E-state index contributed by atoms with van der Waals surface area (Å²) in [6, 6.07) is 2.94. The Morgan fingerprint density at radius 2 is 2.31 bits per heavy atom. The van der Waals surface area contributed by atoms with E-state index in [-0.39, 0.29) is 19.0 Å². The summed E-state index contributed by atoms with van der Waals surface area (Å²) < 4.78 is 30.6. The molecule has 9 heteroatoms. The molecule has 0 radical (unpaired) electrons. The van der Waals surface area contributed by atoms with Crippen LogP contribution in [0.15, 0.2) is 18.3 Å². The SMILES string of the molecule is O=C1OCCN1S(=O)(=O)Nc1cccnn1. The Kier molecular flexibility index (Phi) is 2.60. The number of hydrogen-bond acceptors (Lipinski definition) is 6. The van der Waals surface area contributed by atoms with Crippen molar-refractivity contribution in [3.05, 3.63) is 18.3 Å². The molecule has 1 aliphatic heterocycles. The van der Waals surface area contributed by atoms with Crippen molar-refractivity contribution in [3.63, 3.8) is 0 Å². The van der Waals surface area contributed by atoms with Crippen LogP contribution in [0.1, 0.15) is 0 Å². The highest BCUT2D eigenvalue weighted by molar-refractivity contribution is 7.90. The van der Waals surface area contributed by atoms with E-state index < -0.39 is 16.3 Å². The fourth-order valence-electron chi connectivity index (χ4n) is 1.14. The van der Waals surface area contributed by atoms with Gasteiger partial charge in [0, 0.05) is 6.20 Å². The minimum Gasteiger partial charge on any atom is -0.447 e. The number of hydrogen-bond donors (Lipinski definition) is 1. The summed E-state index contributed by atoms with van der Waals surface area (Å²) in [4.78, 5) is 11.1. The van der Waals surface area contributed by atoms with E-state index in [0.717, 1.165) is 0 Å². The maximum absolute atomic E-state index is 11.7. The Hall–Kier alpha value is -1.90. The molecule has 1 aliphatic rings. The molecule has 0 aromatic carbocycles. The Morgan fingerprint density at radius 1 is 1.50 bits per heavy atom. The second-order valence-corrected chi connectivity index (χ2v) is 4.50. The molecule has 8 nitrogen and oxygen atoms in total. The van der Waals surface area contributed by atoms with Gasteiger partial charge in [0.15, 0.2) is 5.82 Å². The summed E-state index contributed by atoms with van der Waals surface area (Å²) in [6.07, 6.45) is 0.512. The van der Waals surface area contributed by atoms with Crippen LogP contribution < -0.4 is 4.72 Å². The first-order valence-corrected chi connectivity index (χ1v) is 5.78. The number of nitrogens with one attached hydrogen (secondary N) is 1. The number of ether oxygens (including phenoxy) is 1. The molecule has 1 aromatic heterocycles. The summed E-state index contributed by atoms with van der Waals surface area (Å²) in [5.41, 5.74) is 0. The number of amides is 1. The van der Waals surface area contributed by atoms with Gasteiger partial charge in [-0.15, -0.1) is 5.10 Å². The summed E-state index contributed by atoms with van der Waals surface area (Å²) in [5, 5.41) is 7.04. The summed E-state index contributed by atoms with van der Waals surface area (Å²) in [6.45, 7) is 0.0502. The molecular formula is C7H8N4O4S. The van der Waals surface area contributed by atoms with Crippen LogP contribution in [0.25, 0.3) is 0 Å². The lowest BCUT2D eigenvalue weighted by Crippen LogP contribution is -2.36. The van der Waals surface area contributed by atoms with Crippen LogP contribution in [-0.4, -0.2) is 42.2 Å². The van der Waals surface area contributed by atoms with E-state index in [2.05, 4.69) is 19.7 Å². The van der Waals surface area contributed by atoms with Gasteiger partial charge in [0.25, 0.3) is 0 Å². The summed E-state index contributed by atoms with van der Waals surface area (Å²) in [7, 11) is -3.96. The van der Waals surface area contributed by atoms with E-state index in [1.807, 2.05) is 0 Å². The van der Waals surface area contributed by atoms with E-state index in [4.69, 9.17) is 0 Å². The van der Waals surface area contributed by atoms with Crippen LogP contribution in [0.3, 0.4) is 0 Å². The van der Waals surface area contributed by atoms with Crippen molar-refractivity contribution in [2.75, 3.05) is 17.9 Å². The van der Waals surface area contributed by atoms with Crippen LogP contribution in [0.4, 0.5) is 10.6 Å². The van der Waals surface area contributed by atoms with Gasteiger partial charge >= 0.3 is 16.3 Å². The zero-order valence-corrected chi connectivity index (χ0v) is 8.85. The molecule has 1 saturated heterocycles. The molecule has 0 atom stereocenters. The van der Waals surface area contributed by atoms with Crippen LogP contribution in [0.2, 0.25) is 0 Å². The summed E-state index contributed by atoms with van der Waals surface area (Å²) >= 11 is 0. The first-order chi connectivity index (χ1) is 7.59. The second kappa shape index (κ2) is 3.93. The molecule has 1 amide bonds. The van der Waals surface area contributed by atoms with Gasteiger partial charge in [-0.05, 0) is 12.1 Å².